The van der Waals surface area contributed by atoms with Crippen molar-refractivity contribution in [2.24, 2.45) is 0 Å². The van der Waals surface area contributed by atoms with E-state index in [1.807, 2.05) is 0 Å². The highest BCUT2D eigenvalue weighted by atomic mass is 32.2. The SMILES string of the molecule is CCN1CCN(C(=O)N(CC)C2CCS(=O)(=O)C2)C(=O)C1=O. The van der Waals surface area contributed by atoms with Crippen molar-refractivity contribution in [3.05, 3.63) is 0 Å². The van der Waals surface area contributed by atoms with Crippen LogP contribution in [0.1, 0.15) is 20.3 Å². The van der Waals surface area contributed by atoms with Crippen LogP contribution in [0.4, 0.5) is 4.79 Å². The van der Waals surface area contributed by atoms with Crippen LogP contribution in [0.3, 0.4) is 0 Å². The molecule has 1 atom stereocenters. The van der Waals surface area contributed by atoms with E-state index in [2.05, 4.69) is 0 Å². The second-order valence-corrected chi connectivity index (χ2v) is 7.70. The third kappa shape index (κ3) is 3.08. The Labute approximate surface area is 129 Å². The van der Waals surface area contributed by atoms with E-state index in [-0.39, 0.29) is 18.1 Å². The van der Waals surface area contributed by atoms with Crippen LogP contribution in [-0.4, -0.2) is 84.7 Å². The lowest BCUT2D eigenvalue weighted by molar-refractivity contribution is -0.154. The molecule has 124 valence electrons. The number of carbonyl (C=O) groups excluding carboxylic acids is 3. The van der Waals surface area contributed by atoms with Gasteiger partial charge >= 0.3 is 17.8 Å². The van der Waals surface area contributed by atoms with E-state index in [9.17, 15) is 22.8 Å². The van der Waals surface area contributed by atoms with Gasteiger partial charge in [-0.2, -0.15) is 0 Å². The molecule has 2 aliphatic rings. The van der Waals surface area contributed by atoms with Gasteiger partial charge in [-0.1, -0.05) is 0 Å². The summed E-state index contributed by atoms with van der Waals surface area (Å²) in [4.78, 5) is 40.2. The lowest BCUT2D eigenvalue weighted by atomic mass is 10.2. The summed E-state index contributed by atoms with van der Waals surface area (Å²) in [5, 5.41) is 0. The lowest BCUT2D eigenvalue weighted by Gasteiger charge is -2.36. The molecule has 2 aliphatic heterocycles. The molecule has 2 heterocycles. The first-order valence-electron chi connectivity index (χ1n) is 7.42. The first-order chi connectivity index (χ1) is 10.3. The Morgan fingerprint density at radius 1 is 1.23 bits per heavy atom. The maximum absolute atomic E-state index is 12.5. The number of sulfone groups is 1. The molecule has 2 saturated heterocycles. The van der Waals surface area contributed by atoms with Gasteiger partial charge in [0, 0.05) is 32.2 Å². The van der Waals surface area contributed by atoms with Crippen LogP contribution in [0.5, 0.6) is 0 Å². The van der Waals surface area contributed by atoms with Gasteiger partial charge in [-0.3, -0.25) is 14.5 Å². The molecule has 0 N–H and O–H groups in total. The van der Waals surface area contributed by atoms with Gasteiger partial charge in [-0.05, 0) is 20.3 Å². The Morgan fingerprint density at radius 2 is 1.91 bits per heavy atom. The van der Waals surface area contributed by atoms with Crippen molar-refractivity contribution in [1.29, 1.82) is 0 Å². The Kier molecular flexibility index (Phi) is 4.74. The standard InChI is InChI=1S/C13H21N3O5S/c1-3-14-6-7-16(12(18)11(14)17)13(19)15(4-2)10-5-8-22(20,21)9-10/h10H,3-9H2,1-2H3. The van der Waals surface area contributed by atoms with Crippen LogP contribution >= 0.6 is 0 Å². The average molecular weight is 331 g/mol. The first-order valence-corrected chi connectivity index (χ1v) is 9.24. The molecule has 22 heavy (non-hydrogen) atoms. The number of imide groups is 1. The van der Waals surface area contributed by atoms with Gasteiger partial charge in [-0.15, -0.1) is 0 Å². The maximum Gasteiger partial charge on any atom is 0.327 e. The minimum absolute atomic E-state index is 0.0535. The zero-order valence-corrected chi connectivity index (χ0v) is 13.6. The van der Waals surface area contributed by atoms with Gasteiger partial charge in [0.1, 0.15) is 0 Å². The van der Waals surface area contributed by atoms with Gasteiger partial charge in [0.2, 0.25) is 0 Å². The molecule has 0 saturated carbocycles. The fourth-order valence-corrected chi connectivity index (χ4v) is 4.62. The van der Waals surface area contributed by atoms with Crippen LogP contribution in [-0.2, 0) is 19.4 Å². The molecule has 9 heteroatoms. The van der Waals surface area contributed by atoms with Crippen molar-refractivity contribution in [3.8, 4) is 0 Å². The highest BCUT2D eigenvalue weighted by Crippen LogP contribution is 2.20. The number of hydrogen-bond donors (Lipinski definition) is 0. The van der Waals surface area contributed by atoms with Crippen molar-refractivity contribution in [2.75, 3.05) is 37.7 Å². The highest BCUT2D eigenvalue weighted by Gasteiger charge is 2.41. The molecule has 0 aliphatic carbocycles. The molecule has 1 unspecified atom stereocenters. The number of piperazine rings is 1. The summed E-state index contributed by atoms with van der Waals surface area (Å²) in [5.41, 5.74) is 0. The van der Waals surface area contributed by atoms with Crippen molar-refractivity contribution >= 4 is 27.7 Å². The van der Waals surface area contributed by atoms with Gasteiger partial charge < -0.3 is 9.80 Å². The highest BCUT2D eigenvalue weighted by molar-refractivity contribution is 7.91. The Hall–Kier alpha value is -1.64. The number of nitrogens with zero attached hydrogens (tertiary/aromatic N) is 3. The van der Waals surface area contributed by atoms with Crippen molar-refractivity contribution < 1.29 is 22.8 Å². The summed E-state index contributed by atoms with van der Waals surface area (Å²) in [7, 11) is -3.12. The molecule has 0 aromatic carbocycles. The van der Waals surface area contributed by atoms with Gasteiger partial charge in [0.25, 0.3) is 0 Å². The number of amides is 4. The topological polar surface area (TPSA) is 95.1 Å². The number of urea groups is 1. The zero-order valence-electron chi connectivity index (χ0n) is 12.8. The van der Waals surface area contributed by atoms with Crippen LogP contribution in [0, 0.1) is 0 Å². The van der Waals surface area contributed by atoms with Crippen LogP contribution < -0.4 is 0 Å². The number of rotatable bonds is 3. The molecule has 2 rings (SSSR count). The van der Waals surface area contributed by atoms with Gasteiger partial charge in [0.05, 0.1) is 11.5 Å². The molecular weight excluding hydrogens is 310 g/mol. The third-order valence-electron chi connectivity index (χ3n) is 4.16. The summed E-state index contributed by atoms with van der Waals surface area (Å²) in [6, 6.07) is -0.992. The third-order valence-corrected chi connectivity index (χ3v) is 5.91. The van der Waals surface area contributed by atoms with Crippen LogP contribution in [0.15, 0.2) is 0 Å². The molecule has 2 fully saturated rings. The van der Waals surface area contributed by atoms with Crippen molar-refractivity contribution in [2.45, 2.75) is 26.3 Å². The van der Waals surface area contributed by atoms with Crippen molar-refractivity contribution in [1.82, 2.24) is 14.7 Å². The molecule has 0 aromatic heterocycles. The molecule has 0 radical (unpaired) electrons. The largest absolute Gasteiger partial charge is 0.333 e. The Bertz CT molecular complexity index is 588. The van der Waals surface area contributed by atoms with Gasteiger partial charge in [0.15, 0.2) is 9.84 Å². The van der Waals surface area contributed by atoms with Crippen LogP contribution in [0.2, 0.25) is 0 Å². The quantitative estimate of drug-likeness (QED) is 0.638. The molecule has 0 aromatic rings. The molecule has 8 nitrogen and oxygen atoms in total. The zero-order chi connectivity index (χ0) is 16.5. The van der Waals surface area contributed by atoms with E-state index in [4.69, 9.17) is 0 Å². The summed E-state index contributed by atoms with van der Waals surface area (Å²) < 4.78 is 23.2. The van der Waals surface area contributed by atoms with E-state index in [0.717, 1.165) is 4.90 Å². The van der Waals surface area contributed by atoms with E-state index in [1.165, 1.54) is 9.80 Å². The smallest absolute Gasteiger partial charge is 0.327 e. The van der Waals surface area contributed by atoms with Crippen LogP contribution in [0.25, 0.3) is 0 Å². The first kappa shape index (κ1) is 16.7. The Morgan fingerprint density at radius 3 is 2.41 bits per heavy atom. The predicted molar refractivity (Wildman–Crippen MR) is 78.8 cm³/mol. The summed E-state index contributed by atoms with van der Waals surface area (Å²) in [5.74, 6) is -1.55. The van der Waals surface area contributed by atoms with Gasteiger partial charge in [-0.25, -0.2) is 13.2 Å². The van der Waals surface area contributed by atoms with E-state index >= 15 is 0 Å². The van der Waals surface area contributed by atoms with E-state index in [1.54, 1.807) is 13.8 Å². The van der Waals surface area contributed by atoms with E-state index < -0.39 is 33.7 Å². The molecule has 0 bridgehead atoms. The molecule has 0 spiro atoms. The minimum atomic E-state index is -3.12. The minimum Gasteiger partial charge on any atom is -0.333 e. The van der Waals surface area contributed by atoms with Crippen molar-refractivity contribution in [3.63, 3.8) is 0 Å². The second-order valence-electron chi connectivity index (χ2n) is 5.47. The van der Waals surface area contributed by atoms with E-state index in [0.29, 0.717) is 26.1 Å². The summed E-state index contributed by atoms with van der Waals surface area (Å²) in [6.07, 6.45) is 0.374. The fourth-order valence-electron chi connectivity index (χ4n) is 2.88. The predicted octanol–water partition coefficient (Wildman–Crippen LogP) is -0.694. The number of carbonyl (C=O) groups is 3. The lowest BCUT2D eigenvalue weighted by Crippen LogP contribution is -2.60. The summed E-state index contributed by atoms with van der Waals surface area (Å²) in [6.45, 7) is 4.68. The maximum atomic E-state index is 12.5. The summed E-state index contributed by atoms with van der Waals surface area (Å²) >= 11 is 0. The molecule has 4 amide bonds. The Balaban J connectivity index is 2.12. The monoisotopic (exact) mass is 331 g/mol. The average Bonchev–Trinajstić information content (AvgIpc) is 2.82. The normalized spacial score (nSPS) is 24.7. The number of hydrogen-bond acceptors (Lipinski definition) is 5. The fraction of sp³-hybridized carbons (Fsp3) is 0.769. The number of likely N-dealkylation sites (N-methyl/N-ethyl adjacent to an activating group) is 1. The second kappa shape index (κ2) is 6.23. The molecular formula is C13H21N3O5S.